The first-order valence-corrected chi connectivity index (χ1v) is 10.6. The van der Waals surface area contributed by atoms with E-state index in [1.807, 2.05) is 0 Å². The Morgan fingerprint density at radius 2 is 2.14 bits per heavy atom. The van der Waals surface area contributed by atoms with E-state index in [1.165, 1.54) is 5.56 Å². The lowest BCUT2D eigenvalue weighted by molar-refractivity contribution is 0.0888. The number of aliphatic imine (C=N–C) groups is 1. The van der Waals surface area contributed by atoms with Crippen molar-refractivity contribution in [1.82, 2.24) is 10.6 Å². The van der Waals surface area contributed by atoms with Crippen molar-refractivity contribution >= 4 is 5.96 Å². The maximum Gasteiger partial charge on any atom is 0.191 e. The SMILES string of the molecule is CCCOc1cc(C)ccc1CN=C(NCC)NCCCOCC1CCOC1. The summed E-state index contributed by atoms with van der Waals surface area (Å²) in [6, 6.07) is 6.30. The molecule has 6 nitrogen and oxygen atoms in total. The van der Waals surface area contributed by atoms with Gasteiger partial charge >= 0.3 is 0 Å². The molecule has 1 atom stereocenters. The van der Waals surface area contributed by atoms with E-state index in [1.54, 1.807) is 0 Å². The molecule has 0 aliphatic carbocycles. The summed E-state index contributed by atoms with van der Waals surface area (Å²) in [5, 5.41) is 6.69. The van der Waals surface area contributed by atoms with Crippen LogP contribution in [-0.2, 0) is 16.0 Å². The van der Waals surface area contributed by atoms with Crippen molar-refractivity contribution in [2.75, 3.05) is 46.1 Å². The molecule has 158 valence electrons. The second-order valence-corrected chi connectivity index (χ2v) is 7.24. The molecule has 1 aliphatic heterocycles. The van der Waals surface area contributed by atoms with Crippen molar-refractivity contribution in [3.8, 4) is 5.75 Å². The van der Waals surface area contributed by atoms with Gasteiger partial charge < -0.3 is 24.8 Å². The molecule has 0 amide bonds. The lowest BCUT2D eigenvalue weighted by Gasteiger charge is -2.14. The molecule has 1 aliphatic rings. The van der Waals surface area contributed by atoms with E-state index in [0.717, 1.165) is 82.7 Å². The smallest absolute Gasteiger partial charge is 0.191 e. The molecule has 6 heteroatoms. The molecule has 1 saturated heterocycles. The summed E-state index contributed by atoms with van der Waals surface area (Å²) in [6.45, 7) is 12.5. The van der Waals surface area contributed by atoms with Gasteiger partial charge in [-0.25, -0.2) is 4.99 Å². The molecule has 1 fully saturated rings. The van der Waals surface area contributed by atoms with Crippen LogP contribution < -0.4 is 15.4 Å². The molecule has 1 aromatic rings. The van der Waals surface area contributed by atoms with E-state index in [9.17, 15) is 0 Å². The maximum absolute atomic E-state index is 5.89. The zero-order valence-electron chi connectivity index (χ0n) is 17.8. The fourth-order valence-electron chi connectivity index (χ4n) is 2.99. The lowest BCUT2D eigenvalue weighted by Crippen LogP contribution is -2.38. The Hall–Kier alpha value is -1.79. The number of nitrogens with one attached hydrogen (secondary N) is 2. The molecule has 0 saturated carbocycles. The predicted molar refractivity (Wildman–Crippen MR) is 114 cm³/mol. The molecule has 2 N–H and O–H groups in total. The van der Waals surface area contributed by atoms with Crippen molar-refractivity contribution in [1.29, 1.82) is 0 Å². The summed E-state index contributed by atoms with van der Waals surface area (Å²) >= 11 is 0. The standard InChI is InChI=1S/C22H37N3O3/c1-4-11-28-21-14-18(3)7-8-20(21)15-25-22(23-5-2)24-10-6-12-26-16-19-9-13-27-17-19/h7-8,14,19H,4-6,9-13,15-17H2,1-3H3,(H2,23,24,25). The van der Waals surface area contributed by atoms with Crippen LogP contribution in [-0.4, -0.2) is 52.1 Å². The van der Waals surface area contributed by atoms with Crippen LogP contribution in [0, 0.1) is 12.8 Å². The van der Waals surface area contributed by atoms with Gasteiger partial charge in [0.05, 0.1) is 26.4 Å². The van der Waals surface area contributed by atoms with Gasteiger partial charge in [0.25, 0.3) is 0 Å². The highest BCUT2D eigenvalue weighted by Gasteiger charge is 2.15. The molecule has 0 aromatic heterocycles. The fraction of sp³-hybridized carbons (Fsp3) is 0.682. The van der Waals surface area contributed by atoms with E-state index in [-0.39, 0.29) is 0 Å². The van der Waals surface area contributed by atoms with E-state index in [0.29, 0.717) is 12.5 Å². The van der Waals surface area contributed by atoms with Crippen LogP contribution in [0.2, 0.25) is 0 Å². The van der Waals surface area contributed by atoms with Gasteiger partial charge in [0, 0.05) is 37.8 Å². The predicted octanol–water partition coefficient (Wildman–Crippen LogP) is 3.28. The Balaban J connectivity index is 1.76. The Bertz CT molecular complexity index is 586. The Morgan fingerprint density at radius 3 is 2.89 bits per heavy atom. The first-order valence-electron chi connectivity index (χ1n) is 10.6. The third-order valence-electron chi connectivity index (χ3n) is 4.57. The summed E-state index contributed by atoms with van der Waals surface area (Å²) in [7, 11) is 0. The van der Waals surface area contributed by atoms with Gasteiger partial charge in [-0.15, -0.1) is 0 Å². The lowest BCUT2D eigenvalue weighted by atomic mass is 10.1. The first-order chi connectivity index (χ1) is 13.7. The first kappa shape index (κ1) is 22.5. The van der Waals surface area contributed by atoms with Gasteiger partial charge in [0.2, 0.25) is 0 Å². The number of aryl methyl sites for hydroxylation is 1. The third-order valence-corrected chi connectivity index (χ3v) is 4.57. The van der Waals surface area contributed by atoms with Crippen molar-refractivity contribution in [2.45, 2.75) is 46.6 Å². The molecule has 1 aromatic carbocycles. The number of hydrogen-bond donors (Lipinski definition) is 2. The zero-order valence-corrected chi connectivity index (χ0v) is 17.8. The highest BCUT2D eigenvalue weighted by atomic mass is 16.5. The van der Waals surface area contributed by atoms with Crippen LogP contribution in [0.1, 0.15) is 44.2 Å². The molecule has 28 heavy (non-hydrogen) atoms. The molecule has 2 rings (SSSR count). The quantitative estimate of drug-likeness (QED) is 0.325. The van der Waals surface area contributed by atoms with Crippen LogP contribution in [0.4, 0.5) is 0 Å². The number of guanidine groups is 1. The Morgan fingerprint density at radius 1 is 1.25 bits per heavy atom. The average molecular weight is 392 g/mol. The summed E-state index contributed by atoms with van der Waals surface area (Å²) in [6.07, 6.45) is 3.07. The summed E-state index contributed by atoms with van der Waals surface area (Å²) in [4.78, 5) is 4.72. The normalized spacial score (nSPS) is 17.0. The minimum atomic E-state index is 0.575. The number of benzene rings is 1. The summed E-state index contributed by atoms with van der Waals surface area (Å²) < 4.78 is 17.0. The van der Waals surface area contributed by atoms with Gasteiger partial charge in [0.1, 0.15) is 5.75 Å². The van der Waals surface area contributed by atoms with Crippen molar-refractivity contribution in [3.05, 3.63) is 29.3 Å². The number of rotatable bonds is 12. The molecular weight excluding hydrogens is 354 g/mol. The molecular formula is C22H37N3O3. The van der Waals surface area contributed by atoms with Gasteiger partial charge in [-0.05, 0) is 44.7 Å². The van der Waals surface area contributed by atoms with Crippen LogP contribution in [0.3, 0.4) is 0 Å². The van der Waals surface area contributed by atoms with Crippen LogP contribution in [0.15, 0.2) is 23.2 Å². The van der Waals surface area contributed by atoms with Crippen LogP contribution in [0.5, 0.6) is 5.75 Å². The second-order valence-electron chi connectivity index (χ2n) is 7.24. The monoisotopic (exact) mass is 391 g/mol. The molecule has 0 bridgehead atoms. The highest BCUT2D eigenvalue weighted by molar-refractivity contribution is 5.79. The fourth-order valence-corrected chi connectivity index (χ4v) is 2.99. The van der Waals surface area contributed by atoms with Crippen LogP contribution in [0.25, 0.3) is 0 Å². The Labute approximate surface area is 170 Å². The maximum atomic E-state index is 5.89. The molecule has 1 unspecified atom stereocenters. The van der Waals surface area contributed by atoms with E-state index in [2.05, 4.69) is 49.6 Å². The van der Waals surface area contributed by atoms with Crippen LogP contribution >= 0.6 is 0 Å². The summed E-state index contributed by atoms with van der Waals surface area (Å²) in [5.41, 5.74) is 2.31. The van der Waals surface area contributed by atoms with Gasteiger partial charge in [-0.3, -0.25) is 0 Å². The average Bonchev–Trinajstić information content (AvgIpc) is 3.21. The van der Waals surface area contributed by atoms with E-state index in [4.69, 9.17) is 19.2 Å². The third kappa shape index (κ3) is 8.48. The van der Waals surface area contributed by atoms with Crippen molar-refractivity contribution in [2.24, 2.45) is 10.9 Å². The minimum absolute atomic E-state index is 0.575. The largest absolute Gasteiger partial charge is 0.493 e. The molecule has 1 heterocycles. The van der Waals surface area contributed by atoms with Gasteiger partial charge in [-0.2, -0.15) is 0 Å². The number of hydrogen-bond acceptors (Lipinski definition) is 4. The summed E-state index contributed by atoms with van der Waals surface area (Å²) in [5.74, 6) is 2.34. The second kappa shape index (κ2) is 13.4. The zero-order chi connectivity index (χ0) is 20.0. The van der Waals surface area contributed by atoms with Crippen molar-refractivity contribution in [3.63, 3.8) is 0 Å². The topological polar surface area (TPSA) is 64.1 Å². The van der Waals surface area contributed by atoms with E-state index < -0.39 is 0 Å². The number of ether oxygens (including phenoxy) is 3. The molecule has 0 radical (unpaired) electrons. The van der Waals surface area contributed by atoms with Gasteiger partial charge in [-0.1, -0.05) is 19.1 Å². The highest BCUT2D eigenvalue weighted by Crippen LogP contribution is 2.21. The number of nitrogens with zero attached hydrogens (tertiary/aromatic N) is 1. The minimum Gasteiger partial charge on any atom is -0.493 e. The Kier molecular flexibility index (Phi) is 10.8. The van der Waals surface area contributed by atoms with E-state index >= 15 is 0 Å². The van der Waals surface area contributed by atoms with Crippen molar-refractivity contribution < 1.29 is 14.2 Å². The molecule has 0 spiro atoms. The van der Waals surface area contributed by atoms with Gasteiger partial charge in [0.15, 0.2) is 5.96 Å².